The second-order valence-corrected chi connectivity index (χ2v) is 4.71. The minimum Gasteiger partial charge on any atom is -0.465 e. The molecule has 1 aliphatic rings. The Morgan fingerprint density at radius 1 is 1.50 bits per heavy atom. The summed E-state index contributed by atoms with van der Waals surface area (Å²) in [4.78, 5) is 17.7. The van der Waals surface area contributed by atoms with Crippen LogP contribution in [-0.2, 0) is 20.0 Å². The van der Waals surface area contributed by atoms with Gasteiger partial charge in [-0.15, -0.1) is 0 Å². The smallest absolute Gasteiger partial charge is 0.325 e. The molecule has 0 aliphatic carbocycles. The lowest BCUT2D eigenvalue weighted by Gasteiger charge is -2.23. The molecule has 0 spiro atoms. The average molecular weight is 249 g/mol. The second-order valence-electron chi connectivity index (χ2n) is 4.71. The molecule has 18 heavy (non-hydrogen) atoms. The lowest BCUT2D eigenvalue weighted by molar-refractivity contribution is -0.195. The van der Waals surface area contributed by atoms with Gasteiger partial charge in [0.05, 0.1) is 6.61 Å². The van der Waals surface area contributed by atoms with Crippen molar-refractivity contribution in [3.8, 4) is 0 Å². The molecule has 0 radical (unpaired) electrons. The van der Waals surface area contributed by atoms with Gasteiger partial charge < -0.3 is 4.74 Å². The first-order valence-corrected chi connectivity index (χ1v) is 6.21. The number of ether oxygens (including phenoxy) is 1. The van der Waals surface area contributed by atoms with Crippen molar-refractivity contribution >= 4 is 5.97 Å². The molecule has 1 aliphatic heterocycles. The van der Waals surface area contributed by atoms with Crippen molar-refractivity contribution < 1.29 is 14.4 Å². The highest BCUT2D eigenvalue weighted by Crippen LogP contribution is 2.38. The molecule has 2 rings (SSSR count). The van der Waals surface area contributed by atoms with E-state index in [2.05, 4.69) is 0 Å². The molecule has 1 aromatic rings. The number of carbonyl (C=O) groups excluding carboxylic acids is 1. The van der Waals surface area contributed by atoms with Crippen LogP contribution in [0, 0.1) is 0 Å². The summed E-state index contributed by atoms with van der Waals surface area (Å²) in [5.41, 5.74) is 0.608. The maximum absolute atomic E-state index is 11.8. The van der Waals surface area contributed by atoms with E-state index < -0.39 is 5.60 Å². The van der Waals surface area contributed by atoms with Gasteiger partial charge in [0.25, 0.3) is 0 Å². The predicted molar refractivity (Wildman–Crippen MR) is 67.7 cm³/mol. The highest BCUT2D eigenvalue weighted by Gasteiger charge is 2.45. The Labute approximate surface area is 107 Å². The molecule has 0 aromatic heterocycles. The highest BCUT2D eigenvalue weighted by atomic mass is 16.7. The van der Waals surface area contributed by atoms with Gasteiger partial charge in [-0.3, -0.25) is 9.63 Å². The van der Waals surface area contributed by atoms with Crippen LogP contribution in [0.4, 0.5) is 0 Å². The minimum atomic E-state index is -0.465. The molecular weight excluding hydrogens is 230 g/mol. The third kappa shape index (κ3) is 2.40. The molecule has 1 fully saturated rings. The zero-order valence-electron chi connectivity index (χ0n) is 11.1. The van der Waals surface area contributed by atoms with Crippen LogP contribution in [0.1, 0.15) is 25.8 Å². The Morgan fingerprint density at radius 2 is 2.17 bits per heavy atom. The van der Waals surface area contributed by atoms with Crippen molar-refractivity contribution in [2.45, 2.75) is 31.9 Å². The van der Waals surface area contributed by atoms with Gasteiger partial charge in [-0.25, -0.2) is 0 Å². The minimum absolute atomic E-state index is 0.223. The first-order chi connectivity index (χ1) is 8.57. The average Bonchev–Trinajstić information content (AvgIpc) is 2.68. The number of hydrogen-bond acceptors (Lipinski definition) is 4. The van der Waals surface area contributed by atoms with E-state index in [1.54, 1.807) is 12.1 Å². The van der Waals surface area contributed by atoms with Gasteiger partial charge in [-0.1, -0.05) is 30.3 Å². The number of rotatable bonds is 3. The summed E-state index contributed by atoms with van der Waals surface area (Å²) >= 11 is 0. The Hall–Kier alpha value is -1.39. The van der Waals surface area contributed by atoms with Gasteiger partial charge >= 0.3 is 5.97 Å². The lowest BCUT2D eigenvalue weighted by atomic mass is 9.90. The molecule has 1 heterocycles. The lowest BCUT2D eigenvalue weighted by Crippen LogP contribution is -2.33. The van der Waals surface area contributed by atoms with E-state index in [-0.39, 0.29) is 12.0 Å². The summed E-state index contributed by atoms with van der Waals surface area (Å²) in [7, 11) is 1.77. The summed E-state index contributed by atoms with van der Waals surface area (Å²) in [6, 6.07) is 9.61. The monoisotopic (exact) mass is 249 g/mol. The first-order valence-electron chi connectivity index (χ1n) is 6.21. The van der Waals surface area contributed by atoms with Crippen molar-refractivity contribution in [1.82, 2.24) is 5.06 Å². The molecule has 1 aromatic carbocycles. The topological polar surface area (TPSA) is 38.8 Å². The molecular formula is C14H19NO3. The molecule has 2 atom stereocenters. The van der Waals surface area contributed by atoms with Crippen LogP contribution in [0.2, 0.25) is 0 Å². The van der Waals surface area contributed by atoms with Crippen molar-refractivity contribution in [3.63, 3.8) is 0 Å². The van der Waals surface area contributed by atoms with Gasteiger partial charge in [-0.05, 0) is 19.4 Å². The Morgan fingerprint density at radius 3 is 2.78 bits per heavy atom. The second kappa shape index (κ2) is 5.08. The van der Waals surface area contributed by atoms with Gasteiger partial charge in [0.1, 0.15) is 11.6 Å². The number of hydrogen-bond donors (Lipinski definition) is 0. The third-order valence-corrected chi connectivity index (χ3v) is 3.31. The van der Waals surface area contributed by atoms with Crippen LogP contribution < -0.4 is 0 Å². The van der Waals surface area contributed by atoms with E-state index in [0.29, 0.717) is 13.0 Å². The maximum Gasteiger partial charge on any atom is 0.325 e. The SMILES string of the molecule is CCOC(=O)[C@H]1C[C@](C)(c2ccccc2)ON1C. The highest BCUT2D eigenvalue weighted by molar-refractivity contribution is 5.76. The Bertz CT molecular complexity index is 420. The van der Waals surface area contributed by atoms with Crippen molar-refractivity contribution in [3.05, 3.63) is 35.9 Å². The summed E-state index contributed by atoms with van der Waals surface area (Å²) in [5, 5.41) is 1.60. The van der Waals surface area contributed by atoms with Crippen LogP contribution in [0.15, 0.2) is 30.3 Å². The fraction of sp³-hybridized carbons (Fsp3) is 0.500. The predicted octanol–water partition coefficient (Wildman–Crippen LogP) is 2.10. The number of esters is 1. The van der Waals surface area contributed by atoms with Crippen molar-refractivity contribution in [1.29, 1.82) is 0 Å². The number of benzene rings is 1. The van der Waals surface area contributed by atoms with Crippen molar-refractivity contribution in [2.24, 2.45) is 0 Å². The number of carbonyl (C=O) groups is 1. The van der Waals surface area contributed by atoms with E-state index in [1.165, 1.54) is 0 Å². The molecule has 4 nitrogen and oxygen atoms in total. The third-order valence-electron chi connectivity index (χ3n) is 3.31. The Balaban J connectivity index is 2.17. The molecule has 0 amide bonds. The number of likely N-dealkylation sites (N-methyl/N-ethyl adjacent to an activating group) is 1. The molecule has 1 saturated heterocycles. The molecule has 4 heteroatoms. The summed E-state index contributed by atoms with van der Waals surface area (Å²) in [6.45, 7) is 4.20. The van der Waals surface area contributed by atoms with Crippen LogP contribution >= 0.6 is 0 Å². The maximum atomic E-state index is 11.8. The quantitative estimate of drug-likeness (QED) is 0.769. The van der Waals surface area contributed by atoms with E-state index >= 15 is 0 Å². The fourth-order valence-corrected chi connectivity index (χ4v) is 2.35. The zero-order valence-corrected chi connectivity index (χ0v) is 11.1. The summed E-state index contributed by atoms with van der Waals surface area (Å²) < 4.78 is 5.06. The van der Waals surface area contributed by atoms with Crippen LogP contribution in [0.3, 0.4) is 0 Å². The van der Waals surface area contributed by atoms with E-state index in [0.717, 1.165) is 5.56 Å². The normalized spacial score (nSPS) is 28.3. The zero-order chi connectivity index (χ0) is 13.2. The van der Waals surface area contributed by atoms with E-state index in [4.69, 9.17) is 9.57 Å². The molecule has 0 saturated carbocycles. The molecule has 98 valence electrons. The summed E-state index contributed by atoms with van der Waals surface area (Å²) in [6.07, 6.45) is 0.604. The largest absolute Gasteiger partial charge is 0.465 e. The Kier molecular flexibility index (Phi) is 3.68. The van der Waals surface area contributed by atoms with Gasteiger partial charge in [0.15, 0.2) is 0 Å². The van der Waals surface area contributed by atoms with E-state index in [9.17, 15) is 4.79 Å². The van der Waals surface area contributed by atoms with E-state index in [1.807, 2.05) is 44.2 Å². The number of hydroxylamine groups is 2. The van der Waals surface area contributed by atoms with Gasteiger partial charge in [0, 0.05) is 13.5 Å². The van der Waals surface area contributed by atoms with Crippen LogP contribution in [0.25, 0.3) is 0 Å². The fourth-order valence-electron chi connectivity index (χ4n) is 2.35. The molecule has 0 unspecified atom stereocenters. The molecule has 0 N–H and O–H groups in total. The standard InChI is InChI=1S/C14H19NO3/c1-4-17-13(16)12-10-14(2,18-15(12)3)11-8-6-5-7-9-11/h5-9,12H,4,10H2,1-3H3/t12-,14-/m1/s1. The van der Waals surface area contributed by atoms with Crippen LogP contribution in [0.5, 0.6) is 0 Å². The van der Waals surface area contributed by atoms with Gasteiger partial charge in [-0.2, -0.15) is 5.06 Å². The molecule has 0 bridgehead atoms. The van der Waals surface area contributed by atoms with Crippen LogP contribution in [-0.4, -0.2) is 30.7 Å². The van der Waals surface area contributed by atoms with Gasteiger partial charge in [0.2, 0.25) is 0 Å². The first kappa shape index (κ1) is 13.1. The number of nitrogens with zero attached hydrogens (tertiary/aromatic N) is 1. The summed E-state index contributed by atoms with van der Waals surface area (Å²) in [5.74, 6) is -0.223. The van der Waals surface area contributed by atoms with Crippen molar-refractivity contribution in [2.75, 3.05) is 13.7 Å².